The molecule has 2 aliphatic rings. The first-order valence-electron chi connectivity index (χ1n) is 10.2. The summed E-state index contributed by atoms with van der Waals surface area (Å²) in [5, 5.41) is 2.26. The van der Waals surface area contributed by atoms with E-state index in [4.69, 9.17) is 0 Å². The molecule has 2 saturated heterocycles. The predicted octanol–water partition coefficient (Wildman–Crippen LogP) is 2.84. The van der Waals surface area contributed by atoms with Crippen molar-refractivity contribution in [1.82, 2.24) is 19.5 Å². The van der Waals surface area contributed by atoms with Gasteiger partial charge in [0.1, 0.15) is 16.6 Å². The normalized spacial score (nSPS) is 21.4. The Labute approximate surface area is 184 Å². The highest BCUT2D eigenvalue weighted by Gasteiger charge is 2.41. The molecule has 2 fully saturated rings. The molecule has 1 N–H and O–H groups in total. The molecule has 0 saturated carbocycles. The smallest absolute Gasteiger partial charge is 0.320 e. The molecule has 2 aromatic rings. The van der Waals surface area contributed by atoms with Gasteiger partial charge in [0.05, 0.1) is 17.5 Å². The number of carbonyl (C=O) groups excluding carboxylic acids is 1. The van der Waals surface area contributed by atoms with Crippen molar-refractivity contribution in [3.8, 4) is 10.6 Å². The Bertz CT molecular complexity index is 1050. The summed E-state index contributed by atoms with van der Waals surface area (Å²) in [7, 11) is -3.44. The highest BCUT2D eigenvalue weighted by Crippen LogP contribution is 2.29. The van der Waals surface area contributed by atoms with Crippen LogP contribution < -0.4 is 4.72 Å². The van der Waals surface area contributed by atoms with Gasteiger partial charge < -0.3 is 9.80 Å². The van der Waals surface area contributed by atoms with Gasteiger partial charge in [-0.3, -0.25) is 0 Å². The van der Waals surface area contributed by atoms with Crippen molar-refractivity contribution in [3.05, 3.63) is 40.9 Å². The standard InChI is InChI=1S/C20H24F2N4O3S2/c1-2-31(28,29)24-17-4-7-26(20(27)25-5-3-6-25)18(17)11-16-12-30-19(23-16)13-8-14(21)10-15(22)9-13/h8-10,12,17-18,24H,2-7,11H2,1H3/t17-,18-/m0/s1. The molecule has 2 atom stereocenters. The fourth-order valence-electron chi connectivity index (χ4n) is 3.91. The third-order valence-corrected chi connectivity index (χ3v) is 8.07. The van der Waals surface area contributed by atoms with Gasteiger partial charge in [0.15, 0.2) is 0 Å². The van der Waals surface area contributed by atoms with E-state index in [0.29, 0.717) is 48.7 Å². The molecule has 1 aromatic carbocycles. The van der Waals surface area contributed by atoms with E-state index >= 15 is 0 Å². The molecule has 7 nitrogen and oxygen atoms in total. The lowest BCUT2D eigenvalue weighted by atomic mass is 10.1. The summed E-state index contributed by atoms with van der Waals surface area (Å²) in [4.78, 5) is 20.9. The monoisotopic (exact) mass is 470 g/mol. The van der Waals surface area contributed by atoms with E-state index in [9.17, 15) is 22.0 Å². The minimum absolute atomic E-state index is 0.0394. The summed E-state index contributed by atoms with van der Waals surface area (Å²) < 4.78 is 54.2. The molecule has 1 aromatic heterocycles. The molecule has 0 spiro atoms. The van der Waals surface area contributed by atoms with E-state index in [-0.39, 0.29) is 17.8 Å². The number of benzene rings is 1. The van der Waals surface area contributed by atoms with E-state index in [1.807, 2.05) is 0 Å². The zero-order chi connectivity index (χ0) is 22.2. The molecule has 2 aliphatic heterocycles. The molecule has 0 aliphatic carbocycles. The molecular formula is C20H24F2N4O3S2. The van der Waals surface area contributed by atoms with Gasteiger partial charge in [-0.2, -0.15) is 0 Å². The average Bonchev–Trinajstić information content (AvgIpc) is 3.27. The average molecular weight is 471 g/mol. The molecule has 11 heteroatoms. The summed E-state index contributed by atoms with van der Waals surface area (Å²) >= 11 is 1.26. The number of thiazole rings is 1. The van der Waals surface area contributed by atoms with Crippen molar-refractivity contribution in [2.75, 3.05) is 25.4 Å². The molecule has 0 radical (unpaired) electrons. The van der Waals surface area contributed by atoms with Crippen molar-refractivity contribution in [3.63, 3.8) is 0 Å². The summed E-state index contributed by atoms with van der Waals surface area (Å²) in [5.41, 5.74) is 0.996. The van der Waals surface area contributed by atoms with Crippen LogP contribution in [0.2, 0.25) is 0 Å². The number of halogens is 2. The van der Waals surface area contributed by atoms with Crippen LogP contribution in [-0.4, -0.2) is 66.7 Å². The van der Waals surface area contributed by atoms with E-state index < -0.39 is 27.7 Å². The first-order chi connectivity index (χ1) is 14.8. The van der Waals surface area contributed by atoms with Crippen molar-refractivity contribution in [1.29, 1.82) is 0 Å². The maximum atomic E-state index is 13.6. The third-order valence-electron chi connectivity index (χ3n) is 5.71. The van der Waals surface area contributed by atoms with Crippen molar-refractivity contribution in [2.24, 2.45) is 0 Å². The largest absolute Gasteiger partial charge is 0.325 e. The fourth-order valence-corrected chi connectivity index (χ4v) is 5.63. The predicted molar refractivity (Wildman–Crippen MR) is 114 cm³/mol. The van der Waals surface area contributed by atoms with E-state index in [2.05, 4.69) is 9.71 Å². The topological polar surface area (TPSA) is 82.6 Å². The lowest BCUT2D eigenvalue weighted by Gasteiger charge is -2.37. The molecule has 31 heavy (non-hydrogen) atoms. The van der Waals surface area contributed by atoms with Gasteiger partial charge in [0.25, 0.3) is 0 Å². The maximum Gasteiger partial charge on any atom is 0.320 e. The number of hydrogen-bond acceptors (Lipinski definition) is 5. The zero-order valence-electron chi connectivity index (χ0n) is 17.1. The van der Waals surface area contributed by atoms with Gasteiger partial charge in [0, 0.05) is 49.1 Å². The van der Waals surface area contributed by atoms with E-state index in [1.165, 1.54) is 23.5 Å². The van der Waals surface area contributed by atoms with Gasteiger partial charge in [-0.05, 0) is 31.9 Å². The fraction of sp³-hybridized carbons (Fsp3) is 0.500. The lowest BCUT2D eigenvalue weighted by molar-refractivity contribution is 0.120. The Morgan fingerprint density at radius 2 is 1.94 bits per heavy atom. The number of aromatic nitrogens is 1. The quantitative estimate of drug-likeness (QED) is 0.704. The van der Waals surface area contributed by atoms with Gasteiger partial charge in [-0.1, -0.05) is 0 Å². The Hall–Kier alpha value is -2.11. The van der Waals surface area contributed by atoms with Crippen molar-refractivity contribution >= 4 is 27.4 Å². The second-order valence-electron chi connectivity index (χ2n) is 7.81. The summed E-state index contributed by atoms with van der Waals surface area (Å²) in [6.07, 6.45) is 1.84. The lowest BCUT2D eigenvalue weighted by Crippen LogP contribution is -2.54. The summed E-state index contributed by atoms with van der Waals surface area (Å²) in [6.45, 7) is 3.45. The number of carbonyl (C=O) groups is 1. The van der Waals surface area contributed by atoms with Crippen molar-refractivity contribution < 1.29 is 22.0 Å². The Morgan fingerprint density at radius 3 is 2.55 bits per heavy atom. The Kier molecular flexibility index (Phi) is 6.27. The van der Waals surface area contributed by atoms with E-state index in [1.54, 1.807) is 22.1 Å². The molecule has 4 rings (SSSR count). The molecular weight excluding hydrogens is 446 g/mol. The second-order valence-corrected chi connectivity index (χ2v) is 10.7. The minimum Gasteiger partial charge on any atom is -0.325 e. The van der Waals surface area contributed by atoms with Gasteiger partial charge >= 0.3 is 6.03 Å². The number of rotatable bonds is 6. The molecule has 0 bridgehead atoms. The highest BCUT2D eigenvalue weighted by atomic mass is 32.2. The SMILES string of the molecule is CCS(=O)(=O)N[C@H]1CCN(C(=O)N2CCC2)[C@H]1Cc1csc(-c2cc(F)cc(F)c2)n1. The van der Waals surface area contributed by atoms with Crippen LogP contribution in [0.25, 0.3) is 10.6 Å². The summed E-state index contributed by atoms with van der Waals surface area (Å²) in [6, 6.07) is 2.37. The zero-order valence-corrected chi connectivity index (χ0v) is 18.7. The van der Waals surface area contributed by atoms with Gasteiger partial charge in [-0.25, -0.2) is 31.7 Å². The number of sulfonamides is 1. The maximum absolute atomic E-state index is 13.6. The van der Waals surface area contributed by atoms with Gasteiger partial charge in [0.2, 0.25) is 10.0 Å². The van der Waals surface area contributed by atoms with Crippen LogP contribution in [-0.2, 0) is 16.4 Å². The first kappa shape index (κ1) is 22.1. The van der Waals surface area contributed by atoms with Crippen LogP contribution >= 0.6 is 11.3 Å². The number of urea groups is 1. The number of nitrogens with zero attached hydrogens (tertiary/aromatic N) is 3. The molecule has 0 unspecified atom stereocenters. The summed E-state index contributed by atoms with van der Waals surface area (Å²) in [5.74, 6) is -1.40. The highest BCUT2D eigenvalue weighted by molar-refractivity contribution is 7.89. The third kappa shape index (κ3) is 4.88. The Morgan fingerprint density at radius 1 is 1.23 bits per heavy atom. The number of amides is 2. The molecule has 2 amide bonds. The van der Waals surface area contributed by atoms with Crippen LogP contribution in [0, 0.1) is 11.6 Å². The number of nitrogens with one attached hydrogen (secondary N) is 1. The van der Waals surface area contributed by atoms with Crippen LogP contribution in [0.5, 0.6) is 0 Å². The van der Waals surface area contributed by atoms with Gasteiger partial charge in [-0.15, -0.1) is 11.3 Å². The van der Waals surface area contributed by atoms with Crippen LogP contribution in [0.1, 0.15) is 25.5 Å². The molecule has 3 heterocycles. The number of hydrogen-bond donors (Lipinski definition) is 1. The van der Waals surface area contributed by atoms with Crippen LogP contribution in [0.15, 0.2) is 23.6 Å². The first-order valence-corrected chi connectivity index (χ1v) is 12.8. The van der Waals surface area contributed by atoms with E-state index in [0.717, 1.165) is 12.5 Å². The van der Waals surface area contributed by atoms with Crippen LogP contribution in [0.3, 0.4) is 0 Å². The second kappa shape index (κ2) is 8.79. The van der Waals surface area contributed by atoms with Crippen LogP contribution in [0.4, 0.5) is 13.6 Å². The minimum atomic E-state index is -3.44. The Balaban J connectivity index is 1.57. The number of likely N-dealkylation sites (tertiary alicyclic amines) is 2. The molecule has 168 valence electrons. The van der Waals surface area contributed by atoms with Crippen molar-refractivity contribution in [2.45, 2.75) is 38.3 Å².